The van der Waals surface area contributed by atoms with E-state index in [9.17, 15) is 9.59 Å². The van der Waals surface area contributed by atoms with E-state index in [1.54, 1.807) is 0 Å². The number of amides is 1. The van der Waals surface area contributed by atoms with Crippen LogP contribution in [-0.2, 0) is 14.3 Å². The number of hydrogen-bond donors (Lipinski definition) is 2. The van der Waals surface area contributed by atoms with Crippen LogP contribution in [0.2, 0.25) is 0 Å². The molecule has 0 aliphatic rings. The number of rotatable bonds is 8. The van der Waals surface area contributed by atoms with E-state index in [0.29, 0.717) is 6.61 Å². The molecule has 0 aliphatic carbocycles. The second kappa shape index (κ2) is 8.71. The van der Waals surface area contributed by atoms with Crippen LogP contribution in [0.4, 0.5) is 0 Å². The van der Waals surface area contributed by atoms with Gasteiger partial charge >= 0.3 is 5.97 Å². The molecule has 0 heterocycles. The van der Waals surface area contributed by atoms with Gasteiger partial charge in [-0.2, -0.15) is 0 Å². The summed E-state index contributed by atoms with van der Waals surface area (Å²) in [5, 5.41) is 11.3. The topological polar surface area (TPSA) is 78.9 Å². The van der Waals surface area contributed by atoms with Crippen LogP contribution in [0.1, 0.15) is 0 Å². The van der Waals surface area contributed by atoms with Gasteiger partial charge in [-0.3, -0.25) is 14.9 Å². The molecule has 0 fully saturated rings. The van der Waals surface area contributed by atoms with Crippen LogP contribution >= 0.6 is 0 Å². The third-order valence-electron chi connectivity index (χ3n) is 1.75. The summed E-state index contributed by atoms with van der Waals surface area (Å²) in [4.78, 5) is 23.3. The van der Waals surface area contributed by atoms with Crippen molar-refractivity contribution in [2.75, 3.05) is 39.9 Å². The van der Waals surface area contributed by atoms with Gasteiger partial charge in [-0.25, -0.2) is 0 Å². The van der Waals surface area contributed by atoms with E-state index < -0.39 is 5.97 Å². The molecule has 6 heteroatoms. The molecule has 0 saturated heterocycles. The lowest BCUT2D eigenvalue weighted by Crippen LogP contribution is -2.42. The Bertz CT molecular complexity index is 272. The monoisotopic (exact) mass is 228 g/mol. The molecule has 90 valence electrons. The molecule has 1 amide bonds. The smallest absolute Gasteiger partial charge is 0.323 e. The first-order valence-corrected chi connectivity index (χ1v) is 4.74. The average Bonchev–Trinajstić information content (AvgIpc) is 2.23. The fourth-order valence-electron chi connectivity index (χ4n) is 1.01. The number of carboxylic acid groups (broad SMARTS) is 1. The maximum absolute atomic E-state index is 11.5. The second-order valence-electron chi connectivity index (χ2n) is 3.01. The van der Waals surface area contributed by atoms with Crippen molar-refractivity contribution < 1.29 is 19.4 Å². The van der Waals surface area contributed by atoms with Gasteiger partial charge in [-0.1, -0.05) is 5.92 Å². The zero-order valence-electron chi connectivity index (χ0n) is 9.23. The molecule has 0 aromatic heterocycles. The lowest BCUT2D eigenvalue weighted by Gasteiger charge is -2.20. The van der Waals surface area contributed by atoms with Crippen LogP contribution in [0.15, 0.2) is 0 Å². The lowest BCUT2D eigenvalue weighted by atomic mass is 10.4. The molecule has 0 unspecified atom stereocenters. The van der Waals surface area contributed by atoms with Gasteiger partial charge in [0.2, 0.25) is 5.91 Å². The molecule has 0 aromatic carbocycles. The maximum Gasteiger partial charge on any atom is 0.323 e. The summed E-state index contributed by atoms with van der Waals surface area (Å²) >= 11 is 0. The molecule has 0 bridgehead atoms. The number of nitrogens with zero attached hydrogens (tertiary/aromatic N) is 1. The molecule has 0 atom stereocenters. The minimum Gasteiger partial charge on any atom is -0.480 e. The molecule has 16 heavy (non-hydrogen) atoms. The van der Waals surface area contributed by atoms with Gasteiger partial charge in [0, 0.05) is 13.7 Å². The highest BCUT2D eigenvalue weighted by molar-refractivity contribution is 5.82. The van der Waals surface area contributed by atoms with E-state index in [0.717, 1.165) is 0 Å². The number of nitrogens with one attached hydrogen (secondary N) is 1. The van der Waals surface area contributed by atoms with Crippen molar-refractivity contribution in [3.8, 4) is 12.3 Å². The highest BCUT2D eigenvalue weighted by atomic mass is 16.5. The summed E-state index contributed by atoms with van der Waals surface area (Å²) in [5.74, 6) is 0.958. The van der Waals surface area contributed by atoms with E-state index in [1.165, 1.54) is 12.0 Å². The van der Waals surface area contributed by atoms with Crippen molar-refractivity contribution in [1.29, 1.82) is 0 Å². The van der Waals surface area contributed by atoms with Crippen LogP contribution in [0.5, 0.6) is 0 Å². The molecule has 0 aliphatic heterocycles. The van der Waals surface area contributed by atoms with Crippen molar-refractivity contribution >= 4 is 11.9 Å². The highest BCUT2D eigenvalue weighted by Crippen LogP contribution is 1.90. The predicted octanol–water partition coefficient (Wildman–Crippen LogP) is -1.23. The molecule has 0 saturated carbocycles. The molecule has 0 spiro atoms. The summed E-state index contributed by atoms with van der Waals surface area (Å²) in [7, 11) is 1.49. The van der Waals surface area contributed by atoms with Gasteiger partial charge in [-0.05, 0) is 0 Å². The van der Waals surface area contributed by atoms with Crippen LogP contribution in [0, 0.1) is 12.3 Å². The summed E-state index contributed by atoms with van der Waals surface area (Å²) in [5.41, 5.74) is 0. The van der Waals surface area contributed by atoms with Crippen molar-refractivity contribution in [1.82, 2.24) is 10.2 Å². The molecular weight excluding hydrogens is 212 g/mol. The minimum absolute atomic E-state index is 0.0290. The van der Waals surface area contributed by atoms with Crippen LogP contribution in [0.25, 0.3) is 0 Å². The number of ether oxygens (including phenoxy) is 1. The van der Waals surface area contributed by atoms with Crippen molar-refractivity contribution in [3.05, 3.63) is 0 Å². The van der Waals surface area contributed by atoms with Gasteiger partial charge < -0.3 is 14.7 Å². The molecular formula is C10H16N2O4. The Morgan fingerprint density at radius 1 is 1.56 bits per heavy atom. The molecule has 2 N–H and O–H groups in total. The fraction of sp³-hybridized carbons (Fsp3) is 0.600. The van der Waals surface area contributed by atoms with Gasteiger partial charge in [0.1, 0.15) is 6.54 Å². The van der Waals surface area contributed by atoms with Gasteiger partial charge in [0.05, 0.1) is 19.7 Å². The number of hydrogen-bond acceptors (Lipinski definition) is 4. The first-order chi connectivity index (χ1) is 7.61. The third-order valence-corrected chi connectivity index (χ3v) is 1.75. The van der Waals surface area contributed by atoms with Gasteiger partial charge in [0.25, 0.3) is 0 Å². The van der Waals surface area contributed by atoms with Gasteiger partial charge in [0.15, 0.2) is 0 Å². The molecule has 0 rings (SSSR count). The number of carbonyl (C=O) groups is 2. The average molecular weight is 228 g/mol. The van der Waals surface area contributed by atoms with E-state index in [2.05, 4.69) is 11.2 Å². The van der Waals surface area contributed by atoms with E-state index in [1.807, 2.05) is 0 Å². The normalized spacial score (nSPS) is 9.50. The number of aliphatic carboxylic acids is 1. The third kappa shape index (κ3) is 6.81. The van der Waals surface area contributed by atoms with Crippen LogP contribution < -0.4 is 5.32 Å². The Labute approximate surface area is 94.6 Å². The SMILES string of the molecule is C#CCNCC(=O)N(CCOC)CC(=O)O. The quantitative estimate of drug-likeness (QED) is 0.402. The van der Waals surface area contributed by atoms with Gasteiger partial charge in [-0.15, -0.1) is 6.42 Å². The zero-order chi connectivity index (χ0) is 12.4. The Kier molecular flexibility index (Phi) is 7.85. The number of carboxylic acids is 1. The first-order valence-electron chi connectivity index (χ1n) is 4.74. The Hall–Kier alpha value is -1.58. The summed E-state index contributed by atoms with van der Waals surface area (Å²) < 4.78 is 4.79. The largest absolute Gasteiger partial charge is 0.480 e. The Balaban J connectivity index is 4.10. The number of terminal acetylenes is 1. The summed E-state index contributed by atoms with van der Waals surface area (Å²) in [6.45, 7) is 0.519. The second-order valence-corrected chi connectivity index (χ2v) is 3.01. The summed E-state index contributed by atoms with van der Waals surface area (Å²) in [6.07, 6.45) is 5.00. The Morgan fingerprint density at radius 3 is 2.75 bits per heavy atom. The molecule has 6 nitrogen and oxygen atoms in total. The molecule has 0 radical (unpaired) electrons. The first kappa shape index (κ1) is 14.4. The van der Waals surface area contributed by atoms with E-state index >= 15 is 0 Å². The number of carbonyl (C=O) groups excluding carboxylic acids is 1. The highest BCUT2D eigenvalue weighted by Gasteiger charge is 2.15. The van der Waals surface area contributed by atoms with Crippen molar-refractivity contribution in [2.24, 2.45) is 0 Å². The lowest BCUT2D eigenvalue weighted by molar-refractivity contribution is -0.144. The van der Waals surface area contributed by atoms with Crippen molar-refractivity contribution in [3.63, 3.8) is 0 Å². The maximum atomic E-state index is 11.5. The zero-order valence-corrected chi connectivity index (χ0v) is 9.23. The fourth-order valence-corrected chi connectivity index (χ4v) is 1.01. The van der Waals surface area contributed by atoms with E-state index in [4.69, 9.17) is 16.3 Å². The number of methoxy groups -OCH3 is 1. The predicted molar refractivity (Wildman–Crippen MR) is 57.8 cm³/mol. The van der Waals surface area contributed by atoms with Crippen molar-refractivity contribution in [2.45, 2.75) is 0 Å². The summed E-state index contributed by atoms with van der Waals surface area (Å²) in [6, 6.07) is 0. The standard InChI is InChI=1S/C10H16N2O4/c1-3-4-11-7-9(13)12(5-6-16-2)8-10(14)15/h1,11H,4-8H2,2H3,(H,14,15). The molecule has 0 aromatic rings. The van der Waals surface area contributed by atoms with Crippen LogP contribution in [0.3, 0.4) is 0 Å². The van der Waals surface area contributed by atoms with E-state index in [-0.39, 0.29) is 32.1 Å². The Morgan fingerprint density at radius 2 is 2.25 bits per heavy atom. The van der Waals surface area contributed by atoms with Crippen LogP contribution in [-0.4, -0.2) is 61.8 Å². The minimum atomic E-state index is -1.05.